The number of benzene rings is 1. The minimum Gasteiger partial charge on any atom is -0.383 e. The van der Waals surface area contributed by atoms with Crippen molar-refractivity contribution in [2.75, 3.05) is 5.73 Å². The molecule has 53 valence electrons. The van der Waals surface area contributed by atoms with E-state index in [1.165, 1.54) is 0 Å². The van der Waals surface area contributed by atoms with Crippen molar-refractivity contribution in [2.45, 2.75) is 0 Å². The highest BCUT2D eigenvalue weighted by atomic mass is 14.8. The highest BCUT2D eigenvalue weighted by molar-refractivity contribution is 5.90. The topological polar surface area (TPSA) is 38.9 Å². The van der Waals surface area contributed by atoms with Crippen molar-refractivity contribution in [1.29, 1.82) is 0 Å². The van der Waals surface area contributed by atoms with E-state index in [1.54, 1.807) is 6.20 Å². The Morgan fingerprint density at radius 3 is 3.09 bits per heavy atom. The third-order valence-electron chi connectivity index (χ3n) is 1.64. The summed E-state index contributed by atoms with van der Waals surface area (Å²) in [7, 11) is 0. The first-order chi connectivity index (χ1) is 5.38. The molecule has 11 heavy (non-hydrogen) atoms. The lowest BCUT2D eigenvalue weighted by molar-refractivity contribution is 1.37. The van der Waals surface area contributed by atoms with Crippen LogP contribution in [0.1, 0.15) is 0 Å². The second-order valence-corrected chi connectivity index (χ2v) is 2.34. The normalized spacial score (nSPS) is 10.2. The highest BCUT2D eigenvalue weighted by Crippen LogP contribution is 2.16. The van der Waals surface area contributed by atoms with Crippen molar-refractivity contribution in [3.05, 3.63) is 36.5 Å². The van der Waals surface area contributed by atoms with Gasteiger partial charge < -0.3 is 5.73 Å². The third-order valence-corrected chi connectivity index (χ3v) is 1.64. The zero-order valence-corrected chi connectivity index (χ0v) is 5.91. The van der Waals surface area contributed by atoms with Gasteiger partial charge in [-0.2, -0.15) is 0 Å². The van der Waals surface area contributed by atoms with Gasteiger partial charge in [0, 0.05) is 11.6 Å². The summed E-state index contributed by atoms with van der Waals surface area (Å²) in [5.41, 5.74) is 5.63. The van der Waals surface area contributed by atoms with E-state index in [1.807, 2.05) is 24.3 Å². The summed E-state index contributed by atoms with van der Waals surface area (Å²) in [5, 5.41) is 2.08. The SMILES string of the molecule is Nc1nccc2cc[c]cc12. The Morgan fingerprint density at radius 2 is 2.27 bits per heavy atom. The molecule has 0 saturated heterocycles. The van der Waals surface area contributed by atoms with Crippen LogP contribution in [0.4, 0.5) is 5.82 Å². The van der Waals surface area contributed by atoms with Gasteiger partial charge in [-0.3, -0.25) is 0 Å². The quantitative estimate of drug-likeness (QED) is 0.608. The number of pyridine rings is 1. The van der Waals surface area contributed by atoms with Crippen molar-refractivity contribution >= 4 is 16.6 Å². The number of nitrogens with zero attached hydrogens (tertiary/aromatic N) is 1. The van der Waals surface area contributed by atoms with Crippen molar-refractivity contribution in [2.24, 2.45) is 0 Å². The predicted molar refractivity (Wildman–Crippen MR) is 45.0 cm³/mol. The molecule has 1 aromatic heterocycles. The van der Waals surface area contributed by atoms with Crippen LogP contribution in [0, 0.1) is 6.07 Å². The minimum absolute atomic E-state index is 0.569. The Labute approximate surface area is 64.7 Å². The minimum atomic E-state index is 0.569. The molecule has 2 heteroatoms. The lowest BCUT2D eigenvalue weighted by Crippen LogP contribution is -1.89. The van der Waals surface area contributed by atoms with Crippen LogP contribution in [-0.2, 0) is 0 Å². The van der Waals surface area contributed by atoms with Gasteiger partial charge in [0.05, 0.1) is 0 Å². The van der Waals surface area contributed by atoms with Gasteiger partial charge in [0.15, 0.2) is 0 Å². The van der Waals surface area contributed by atoms with Crippen molar-refractivity contribution in [3.63, 3.8) is 0 Å². The first-order valence-corrected chi connectivity index (χ1v) is 3.38. The number of hydrogen-bond acceptors (Lipinski definition) is 2. The van der Waals surface area contributed by atoms with Crippen LogP contribution in [0.3, 0.4) is 0 Å². The maximum atomic E-state index is 5.63. The van der Waals surface area contributed by atoms with Crippen LogP contribution in [0.2, 0.25) is 0 Å². The molecule has 1 radical (unpaired) electrons. The molecule has 1 aromatic carbocycles. The number of rotatable bonds is 0. The maximum absolute atomic E-state index is 5.63. The summed E-state index contributed by atoms with van der Waals surface area (Å²) in [6.07, 6.45) is 1.71. The molecule has 0 aliphatic rings. The van der Waals surface area contributed by atoms with Crippen LogP contribution in [0.5, 0.6) is 0 Å². The molecule has 2 rings (SSSR count). The number of fused-ring (bicyclic) bond motifs is 1. The molecule has 2 N–H and O–H groups in total. The van der Waals surface area contributed by atoms with E-state index in [0.717, 1.165) is 10.8 Å². The van der Waals surface area contributed by atoms with E-state index in [4.69, 9.17) is 5.73 Å². The molecule has 0 spiro atoms. The average molecular weight is 143 g/mol. The van der Waals surface area contributed by atoms with Crippen molar-refractivity contribution < 1.29 is 0 Å². The monoisotopic (exact) mass is 143 g/mol. The Kier molecular flexibility index (Phi) is 1.25. The molecule has 0 aliphatic heterocycles. The van der Waals surface area contributed by atoms with Gasteiger partial charge in [0.1, 0.15) is 5.82 Å². The molecule has 0 amide bonds. The lowest BCUT2D eigenvalue weighted by Gasteiger charge is -1.97. The van der Waals surface area contributed by atoms with Gasteiger partial charge in [-0.15, -0.1) is 0 Å². The summed E-state index contributed by atoms with van der Waals surface area (Å²) < 4.78 is 0. The van der Waals surface area contributed by atoms with Gasteiger partial charge >= 0.3 is 0 Å². The number of aromatic nitrogens is 1. The van der Waals surface area contributed by atoms with Crippen LogP contribution in [0.15, 0.2) is 30.5 Å². The molecule has 0 saturated carbocycles. The summed E-state index contributed by atoms with van der Waals surface area (Å²) >= 11 is 0. The van der Waals surface area contributed by atoms with E-state index in [9.17, 15) is 0 Å². The molecular formula is C9H7N2. The summed E-state index contributed by atoms with van der Waals surface area (Å²) in [4.78, 5) is 3.97. The molecule has 0 unspecified atom stereocenters. The summed E-state index contributed by atoms with van der Waals surface area (Å²) in [6.45, 7) is 0. The van der Waals surface area contributed by atoms with E-state index < -0.39 is 0 Å². The Morgan fingerprint density at radius 1 is 1.36 bits per heavy atom. The van der Waals surface area contributed by atoms with Crippen molar-refractivity contribution in [1.82, 2.24) is 4.98 Å². The Bertz CT molecular complexity index is 377. The number of hydrogen-bond donors (Lipinski definition) is 1. The first kappa shape index (κ1) is 6.16. The van der Waals surface area contributed by atoms with E-state index in [-0.39, 0.29) is 0 Å². The zero-order valence-electron chi connectivity index (χ0n) is 5.91. The molecule has 0 aliphatic carbocycles. The fourth-order valence-electron chi connectivity index (χ4n) is 1.08. The Hall–Kier alpha value is -1.57. The van der Waals surface area contributed by atoms with Crippen molar-refractivity contribution in [3.8, 4) is 0 Å². The third kappa shape index (κ3) is 0.923. The number of anilines is 1. The second kappa shape index (κ2) is 2.23. The standard InChI is InChI=1S/C9H7N2/c10-9-8-4-2-1-3-7(8)5-6-11-9/h1,3-6H,(H2,10,11). The molecule has 0 atom stereocenters. The van der Waals surface area contributed by atoms with E-state index >= 15 is 0 Å². The van der Waals surface area contributed by atoms with Gasteiger partial charge in [0.25, 0.3) is 0 Å². The summed E-state index contributed by atoms with van der Waals surface area (Å²) in [5.74, 6) is 0.569. The fraction of sp³-hybridized carbons (Fsp3) is 0. The van der Waals surface area contributed by atoms with Gasteiger partial charge in [0.2, 0.25) is 0 Å². The average Bonchev–Trinajstić information content (AvgIpc) is 2.06. The van der Waals surface area contributed by atoms with Crippen LogP contribution in [-0.4, -0.2) is 4.98 Å². The number of nitrogen functional groups attached to an aromatic ring is 1. The zero-order chi connectivity index (χ0) is 7.68. The lowest BCUT2D eigenvalue weighted by atomic mass is 10.2. The second-order valence-electron chi connectivity index (χ2n) is 2.34. The van der Waals surface area contributed by atoms with Crippen LogP contribution >= 0.6 is 0 Å². The smallest absolute Gasteiger partial charge is 0.131 e. The molecule has 0 fully saturated rings. The van der Waals surface area contributed by atoms with Gasteiger partial charge in [-0.25, -0.2) is 4.98 Å². The van der Waals surface area contributed by atoms with E-state index in [0.29, 0.717) is 5.82 Å². The van der Waals surface area contributed by atoms with Crippen LogP contribution in [0.25, 0.3) is 10.8 Å². The Balaban J connectivity index is 2.91. The summed E-state index contributed by atoms with van der Waals surface area (Å²) in [6, 6.07) is 10.6. The first-order valence-electron chi connectivity index (χ1n) is 3.38. The molecular weight excluding hydrogens is 136 g/mol. The largest absolute Gasteiger partial charge is 0.383 e. The molecule has 0 bridgehead atoms. The van der Waals surface area contributed by atoms with E-state index in [2.05, 4.69) is 11.1 Å². The number of nitrogens with two attached hydrogens (primary N) is 1. The fourth-order valence-corrected chi connectivity index (χ4v) is 1.08. The molecule has 2 nitrogen and oxygen atoms in total. The highest BCUT2D eigenvalue weighted by Gasteiger charge is 1.94. The van der Waals surface area contributed by atoms with Gasteiger partial charge in [-0.05, 0) is 23.6 Å². The van der Waals surface area contributed by atoms with Gasteiger partial charge in [-0.1, -0.05) is 12.1 Å². The molecule has 1 heterocycles. The molecule has 2 aromatic rings. The van der Waals surface area contributed by atoms with Crippen LogP contribution < -0.4 is 5.73 Å². The predicted octanol–water partition coefficient (Wildman–Crippen LogP) is 1.62. The maximum Gasteiger partial charge on any atom is 0.131 e.